The number of guanidine groups is 1. The van der Waals surface area contributed by atoms with Gasteiger partial charge in [-0.2, -0.15) is 0 Å². The van der Waals surface area contributed by atoms with Crippen molar-refractivity contribution in [2.24, 2.45) is 10.9 Å². The second kappa shape index (κ2) is 13.5. The van der Waals surface area contributed by atoms with E-state index in [0.29, 0.717) is 25.0 Å². The molecule has 0 saturated carbocycles. The molecule has 0 spiro atoms. The van der Waals surface area contributed by atoms with Crippen LogP contribution in [-0.2, 0) is 17.8 Å². The lowest BCUT2D eigenvalue weighted by Crippen LogP contribution is -2.45. The van der Waals surface area contributed by atoms with E-state index in [2.05, 4.69) is 40.1 Å². The van der Waals surface area contributed by atoms with Gasteiger partial charge >= 0.3 is 0 Å². The van der Waals surface area contributed by atoms with Gasteiger partial charge in [0.15, 0.2) is 5.96 Å². The van der Waals surface area contributed by atoms with Gasteiger partial charge in [0.1, 0.15) is 0 Å². The van der Waals surface area contributed by atoms with Crippen LogP contribution in [0.3, 0.4) is 0 Å². The molecule has 0 fully saturated rings. The number of aliphatic imine (C=N–C) groups is 1. The van der Waals surface area contributed by atoms with Gasteiger partial charge in [0.2, 0.25) is 5.91 Å². The quantitative estimate of drug-likeness (QED) is 0.305. The monoisotopic (exact) mass is 514 g/mol. The summed E-state index contributed by atoms with van der Waals surface area (Å²) in [5.74, 6) is 1.22. The van der Waals surface area contributed by atoms with Crippen LogP contribution >= 0.6 is 35.3 Å². The average Bonchev–Trinajstić information content (AvgIpc) is 3.19. The van der Waals surface area contributed by atoms with Crippen molar-refractivity contribution in [3.8, 4) is 0 Å². The SMILES string of the molecule is CCN(Cc1ccccc1)C(=O)CNC(=NC)NCC(C)Cc1cccs1.I. The predicted octanol–water partition coefficient (Wildman–Crippen LogP) is 3.76. The molecule has 7 heteroatoms. The van der Waals surface area contributed by atoms with Crippen molar-refractivity contribution >= 4 is 47.2 Å². The zero-order chi connectivity index (χ0) is 19.5. The fourth-order valence-electron chi connectivity index (χ4n) is 2.79. The van der Waals surface area contributed by atoms with Gasteiger partial charge in [-0.3, -0.25) is 9.79 Å². The summed E-state index contributed by atoms with van der Waals surface area (Å²) in [6.07, 6.45) is 1.04. The number of hydrogen-bond acceptors (Lipinski definition) is 3. The van der Waals surface area contributed by atoms with E-state index in [4.69, 9.17) is 0 Å². The van der Waals surface area contributed by atoms with Gasteiger partial charge < -0.3 is 15.5 Å². The molecular formula is C21H31IN4OS. The summed E-state index contributed by atoms with van der Waals surface area (Å²) in [5.41, 5.74) is 1.14. The largest absolute Gasteiger partial charge is 0.356 e. The molecule has 0 bridgehead atoms. The number of benzene rings is 1. The Labute approximate surface area is 189 Å². The molecule has 1 amide bonds. The first-order valence-electron chi connectivity index (χ1n) is 9.41. The third-order valence-corrected chi connectivity index (χ3v) is 5.23. The maximum atomic E-state index is 12.5. The van der Waals surface area contributed by atoms with Crippen molar-refractivity contribution in [1.29, 1.82) is 0 Å². The van der Waals surface area contributed by atoms with Crippen LogP contribution < -0.4 is 10.6 Å². The van der Waals surface area contributed by atoms with Crippen LogP contribution in [0.25, 0.3) is 0 Å². The van der Waals surface area contributed by atoms with Gasteiger partial charge in [-0.25, -0.2) is 0 Å². The molecule has 2 N–H and O–H groups in total. The number of thiophene rings is 1. The number of carbonyl (C=O) groups is 1. The molecule has 1 unspecified atom stereocenters. The number of hydrogen-bond donors (Lipinski definition) is 2. The molecule has 0 aliphatic carbocycles. The molecule has 1 aromatic heterocycles. The zero-order valence-corrected chi connectivity index (χ0v) is 20.0. The topological polar surface area (TPSA) is 56.7 Å². The Balaban J connectivity index is 0.00000392. The zero-order valence-electron chi connectivity index (χ0n) is 16.9. The van der Waals surface area contributed by atoms with E-state index in [0.717, 1.165) is 18.5 Å². The number of nitrogens with zero attached hydrogens (tertiary/aromatic N) is 2. The third kappa shape index (κ3) is 8.60. The van der Waals surface area contributed by atoms with E-state index in [1.807, 2.05) is 42.2 Å². The molecule has 0 saturated heterocycles. The van der Waals surface area contributed by atoms with Crippen LogP contribution in [0, 0.1) is 5.92 Å². The summed E-state index contributed by atoms with van der Waals surface area (Å²) < 4.78 is 0. The molecule has 2 rings (SSSR count). The summed E-state index contributed by atoms with van der Waals surface area (Å²) in [6.45, 7) is 6.57. The van der Waals surface area contributed by atoms with Crippen molar-refractivity contribution in [3.63, 3.8) is 0 Å². The number of amides is 1. The van der Waals surface area contributed by atoms with E-state index in [1.54, 1.807) is 18.4 Å². The van der Waals surface area contributed by atoms with Crippen molar-refractivity contribution in [1.82, 2.24) is 15.5 Å². The Hall–Kier alpha value is -1.61. The highest BCUT2D eigenvalue weighted by Gasteiger charge is 2.13. The molecule has 5 nitrogen and oxygen atoms in total. The van der Waals surface area contributed by atoms with Gasteiger partial charge in [-0.1, -0.05) is 43.3 Å². The molecule has 1 heterocycles. The molecule has 0 radical (unpaired) electrons. The third-order valence-electron chi connectivity index (χ3n) is 4.33. The number of carbonyl (C=O) groups excluding carboxylic acids is 1. The molecule has 28 heavy (non-hydrogen) atoms. The maximum absolute atomic E-state index is 12.5. The minimum Gasteiger partial charge on any atom is -0.356 e. The standard InChI is InChI=1S/C21H30N4OS.HI/c1-4-25(16-18-9-6-5-7-10-18)20(26)15-24-21(22-3)23-14-17(2)13-19-11-8-12-27-19;/h5-12,17H,4,13-16H2,1-3H3,(H2,22,23,24);1H. The Bertz CT molecular complexity index is 706. The van der Waals surface area contributed by atoms with Crippen LogP contribution in [0.5, 0.6) is 0 Å². The number of likely N-dealkylation sites (N-methyl/N-ethyl adjacent to an activating group) is 1. The van der Waals surface area contributed by atoms with Crippen molar-refractivity contribution in [2.45, 2.75) is 26.8 Å². The first kappa shape index (κ1) is 24.4. The molecule has 154 valence electrons. The molecule has 1 atom stereocenters. The van der Waals surface area contributed by atoms with E-state index < -0.39 is 0 Å². The minimum absolute atomic E-state index is 0. The second-order valence-corrected chi connectivity index (χ2v) is 7.62. The average molecular weight is 514 g/mol. The second-order valence-electron chi connectivity index (χ2n) is 6.59. The molecule has 1 aromatic carbocycles. The highest BCUT2D eigenvalue weighted by atomic mass is 127. The van der Waals surface area contributed by atoms with Gasteiger partial charge in [-0.05, 0) is 36.3 Å². The number of halogens is 1. The first-order chi connectivity index (χ1) is 13.1. The molecule has 0 aliphatic rings. The summed E-state index contributed by atoms with van der Waals surface area (Å²) in [4.78, 5) is 20.0. The highest BCUT2D eigenvalue weighted by Crippen LogP contribution is 2.13. The van der Waals surface area contributed by atoms with Crippen molar-refractivity contribution in [3.05, 3.63) is 58.3 Å². The lowest BCUT2D eigenvalue weighted by atomic mass is 10.1. The Morgan fingerprint density at radius 1 is 1.18 bits per heavy atom. The maximum Gasteiger partial charge on any atom is 0.242 e. The predicted molar refractivity (Wildman–Crippen MR) is 129 cm³/mol. The molecule has 2 aromatic rings. The highest BCUT2D eigenvalue weighted by molar-refractivity contribution is 14.0. The summed E-state index contributed by atoms with van der Waals surface area (Å²) in [7, 11) is 1.73. The van der Waals surface area contributed by atoms with Crippen molar-refractivity contribution in [2.75, 3.05) is 26.7 Å². The Morgan fingerprint density at radius 3 is 2.54 bits per heavy atom. The Kier molecular flexibility index (Phi) is 11.8. The summed E-state index contributed by atoms with van der Waals surface area (Å²) in [5, 5.41) is 8.56. The van der Waals surface area contributed by atoms with Crippen LogP contribution in [0.15, 0.2) is 52.8 Å². The summed E-state index contributed by atoms with van der Waals surface area (Å²) >= 11 is 1.79. The normalized spacial score (nSPS) is 12.0. The van der Waals surface area contributed by atoms with Crippen molar-refractivity contribution < 1.29 is 4.79 Å². The summed E-state index contributed by atoms with van der Waals surface area (Å²) in [6, 6.07) is 14.3. The lowest BCUT2D eigenvalue weighted by Gasteiger charge is -2.22. The number of nitrogens with one attached hydrogen (secondary N) is 2. The van der Waals surface area contributed by atoms with Gasteiger partial charge in [0.05, 0.1) is 6.54 Å². The minimum atomic E-state index is 0. The lowest BCUT2D eigenvalue weighted by molar-refractivity contribution is -0.130. The Morgan fingerprint density at radius 2 is 1.93 bits per heavy atom. The van der Waals surface area contributed by atoms with Crippen LogP contribution in [0.1, 0.15) is 24.3 Å². The fourth-order valence-corrected chi connectivity index (χ4v) is 3.66. The first-order valence-corrected chi connectivity index (χ1v) is 10.3. The van der Waals surface area contributed by atoms with Crippen LogP contribution in [0.4, 0.5) is 0 Å². The smallest absolute Gasteiger partial charge is 0.242 e. The van der Waals surface area contributed by atoms with E-state index in [9.17, 15) is 4.79 Å². The van der Waals surface area contributed by atoms with Gasteiger partial charge in [0.25, 0.3) is 0 Å². The van der Waals surface area contributed by atoms with Crippen LogP contribution in [0.2, 0.25) is 0 Å². The van der Waals surface area contributed by atoms with E-state index >= 15 is 0 Å². The number of rotatable bonds is 9. The van der Waals surface area contributed by atoms with Gasteiger partial charge in [0, 0.05) is 31.6 Å². The van der Waals surface area contributed by atoms with E-state index in [-0.39, 0.29) is 36.4 Å². The molecule has 0 aliphatic heterocycles. The van der Waals surface area contributed by atoms with Gasteiger partial charge in [-0.15, -0.1) is 35.3 Å². The molecular weight excluding hydrogens is 483 g/mol. The van der Waals surface area contributed by atoms with E-state index in [1.165, 1.54) is 4.88 Å². The van der Waals surface area contributed by atoms with Crippen LogP contribution in [-0.4, -0.2) is 43.4 Å². The fraction of sp³-hybridized carbons (Fsp3) is 0.429.